The van der Waals surface area contributed by atoms with Crippen LogP contribution in [0.25, 0.3) is 0 Å². The number of aromatic nitrogens is 2. The molecule has 1 aromatic heterocycles. The minimum absolute atomic E-state index is 0.245. The maximum absolute atomic E-state index is 13.0. The van der Waals surface area contributed by atoms with Crippen LogP contribution in [-0.2, 0) is 0 Å². The van der Waals surface area contributed by atoms with Crippen LogP contribution in [0.4, 0.5) is 0 Å². The number of Topliss-reactive ketones (excluding diaryl/α,β-unsaturated/α-hetero) is 1. The highest BCUT2D eigenvalue weighted by molar-refractivity contribution is 6.03. The number of carbonyl (C=O) groups excluding carboxylic acids is 2. The summed E-state index contributed by atoms with van der Waals surface area (Å²) >= 11 is 0. The monoisotopic (exact) mass is 363 g/mol. The van der Waals surface area contributed by atoms with Gasteiger partial charge in [-0.05, 0) is 19.1 Å². The summed E-state index contributed by atoms with van der Waals surface area (Å²) in [5, 5.41) is 2.59. The van der Waals surface area contributed by atoms with E-state index in [2.05, 4.69) is 10.3 Å². The molecule has 0 unspecified atom stereocenters. The summed E-state index contributed by atoms with van der Waals surface area (Å²) in [6.07, 6.45) is -0.0408. The van der Waals surface area contributed by atoms with Gasteiger partial charge in [0.2, 0.25) is 5.78 Å². The summed E-state index contributed by atoms with van der Waals surface area (Å²) in [5.41, 5.74) is -0.414. The van der Waals surface area contributed by atoms with Crippen molar-refractivity contribution in [1.82, 2.24) is 14.9 Å². The Bertz CT molecular complexity index is 1090. The average molecular weight is 363 g/mol. The van der Waals surface area contributed by atoms with Crippen LogP contribution < -0.4 is 16.6 Å². The number of carbonyl (C=O) groups is 2. The molecule has 0 aliphatic carbocycles. The molecule has 1 amide bonds. The Balaban J connectivity index is 2.05. The van der Waals surface area contributed by atoms with E-state index in [9.17, 15) is 19.2 Å². The van der Waals surface area contributed by atoms with Crippen molar-refractivity contribution in [3.63, 3.8) is 0 Å². The van der Waals surface area contributed by atoms with Crippen molar-refractivity contribution in [3.8, 4) is 0 Å². The van der Waals surface area contributed by atoms with Gasteiger partial charge in [-0.2, -0.15) is 0 Å². The summed E-state index contributed by atoms with van der Waals surface area (Å²) in [7, 11) is 0. The van der Waals surface area contributed by atoms with E-state index in [0.29, 0.717) is 11.1 Å². The molecule has 0 fully saturated rings. The molecule has 0 bridgehead atoms. The second-order valence-electron chi connectivity index (χ2n) is 5.95. The molecule has 27 heavy (non-hydrogen) atoms. The lowest BCUT2D eigenvalue weighted by atomic mass is 10.1. The van der Waals surface area contributed by atoms with Gasteiger partial charge >= 0.3 is 5.69 Å². The van der Waals surface area contributed by atoms with E-state index in [0.717, 1.165) is 4.57 Å². The van der Waals surface area contributed by atoms with Crippen LogP contribution in [0, 0.1) is 6.92 Å². The van der Waals surface area contributed by atoms with E-state index in [1.165, 1.54) is 13.1 Å². The van der Waals surface area contributed by atoms with Crippen LogP contribution in [-0.4, -0.2) is 21.2 Å². The number of amides is 1. The Morgan fingerprint density at radius 1 is 0.926 bits per heavy atom. The Morgan fingerprint density at radius 2 is 1.48 bits per heavy atom. The van der Waals surface area contributed by atoms with Crippen molar-refractivity contribution in [2.24, 2.45) is 0 Å². The van der Waals surface area contributed by atoms with Gasteiger partial charge in [-0.15, -0.1) is 0 Å². The highest BCUT2D eigenvalue weighted by Crippen LogP contribution is 2.12. The summed E-state index contributed by atoms with van der Waals surface area (Å²) in [6.45, 7) is 1.51. The Hall–Kier alpha value is -3.74. The summed E-state index contributed by atoms with van der Waals surface area (Å²) < 4.78 is 1.02. The standard InChI is InChI=1S/C20H17N3O4/c1-13-12-23(20(27)22-18(13)25)17(16(24)14-8-4-2-5-9-14)21-19(26)15-10-6-3-7-11-15/h2-12,17H,1H3,(H,21,26)(H,22,25,27)/t17-/m0/s1. The second-order valence-corrected chi connectivity index (χ2v) is 5.95. The van der Waals surface area contributed by atoms with Gasteiger partial charge in [0.1, 0.15) is 0 Å². The fourth-order valence-corrected chi connectivity index (χ4v) is 2.60. The molecule has 2 N–H and O–H groups in total. The van der Waals surface area contributed by atoms with Crippen molar-refractivity contribution in [2.75, 3.05) is 0 Å². The number of ketones is 1. The van der Waals surface area contributed by atoms with Gasteiger partial charge < -0.3 is 5.32 Å². The third kappa shape index (κ3) is 3.92. The highest BCUT2D eigenvalue weighted by Gasteiger charge is 2.26. The van der Waals surface area contributed by atoms with E-state index >= 15 is 0 Å². The van der Waals surface area contributed by atoms with Crippen LogP contribution in [0.1, 0.15) is 32.4 Å². The van der Waals surface area contributed by atoms with E-state index in [1.54, 1.807) is 60.7 Å². The molecule has 0 aliphatic rings. The molecular weight excluding hydrogens is 346 g/mol. The van der Waals surface area contributed by atoms with Crippen LogP contribution >= 0.6 is 0 Å². The van der Waals surface area contributed by atoms with Crippen LogP contribution in [0.2, 0.25) is 0 Å². The Kier molecular flexibility index (Phi) is 5.12. The normalized spacial score (nSPS) is 11.6. The molecule has 0 aliphatic heterocycles. The van der Waals surface area contributed by atoms with E-state index in [-0.39, 0.29) is 5.56 Å². The topological polar surface area (TPSA) is 101 Å². The van der Waals surface area contributed by atoms with E-state index in [4.69, 9.17) is 0 Å². The third-order valence-corrected chi connectivity index (χ3v) is 4.03. The summed E-state index contributed by atoms with van der Waals surface area (Å²) in [4.78, 5) is 51.7. The maximum Gasteiger partial charge on any atom is 0.330 e. The van der Waals surface area contributed by atoms with Gasteiger partial charge in [-0.3, -0.25) is 23.9 Å². The lowest BCUT2D eigenvalue weighted by Crippen LogP contribution is -2.44. The lowest BCUT2D eigenvalue weighted by molar-refractivity contribution is 0.0812. The number of nitrogens with one attached hydrogen (secondary N) is 2. The first-order valence-electron chi connectivity index (χ1n) is 8.24. The summed E-state index contributed by atoms with van der Waals surface area (Å²) in [6, 6.07) is 16.7. The van der Waals surface area contributed by atoms with Gasteiger partial charge in [0, 0.05) is 22.9 Å². The van der Waals surface area contributed by atoms with Crippen molar-refractivity contribution in [2.45, 2.75) is 13.1 Å². The van der Waals surface area contributed by atoms with Crippen molar-refractivity contribution in [1.29, 1.82) is 0 Å². The molecular formula is C20H17N3O4. The molecule has 7 heteroatoms. The van der Waals surface area contributed by atoms with Gasteiger partial charge in [0.25, 0.3) is 11.5 Å². The predicted molar refractivity (Wildman–Crippen MR) is 99.8 cm³/mol. The molecule has 0 spiro atoms. The molecule has 2 aromatic carbocycles. The highest BCUT2D eigenvalue weighted by atomic mass is 16.2. The molecule has 0 saturated heterocycles. The van der Waals surface area contributed by atoms with Crippen LogP contribution in [0.3, 0.4) is 0 Å². The molecule has 0 radical (unpaired) electrons. The smallest absolute Gasteiger partial charge is 0.325 e. The molecule has 3 aromatic rings. The van der Waals surface area contributed by atoms with Crippen LogP contribution in [0.5, 0.6) is 0 Å². The van der Waals surface area contributed by atoms with Gasteiger partial charge in [0.15, 0.2) is 6.17 Å². The minimum Gasteiger partial charge on any atom is -0.325 e. The first-order valence-corrected chi connectivity index (χ1v) is 8.24. The third-order valence-electron chi connectivity index (χ3n) is 4.03. The SMILES string of the molecule is Cc1cn([C@H](NC(=O)c2ccccc2)C(=O)c2ccccc2)c(=O)[nH]c1=O. The molecule has 1 atom stereocenters. The fourth-order valence-electron chi connectivity index (χ4n) is 2.60. The zero-order chi connectivity index (χ0) is 19.4. The molecule has 1 heterocycles. The number of hydrogen-bond acceptors (Lipinski definition) is 4. The number of aryl methyl sites for hydroxylation is 1. The minimum atomic E-state index is -1.30. The van der Waals surface area contributed by atoms with Gasteiger partial charge in [-0.25, -0.2) is 4.79 Å². The molecule has 3 rings (SSSR count). The Morgan fingerprint density at radius 3 is 2.07 bits per heavy atom. The fraction of sp³-hybridized carbons (Fsp3) is 0.100. The molecule has 0 saturated carbocycles. The number of rotatable bonds is 5. The largest absolute Gasteiger partial charge is 0.330 e. The molecule has 7 nitrogen and oxygen atoms in total. The number of aromatic amines is 1. The Labute approximate surface area is 154 Å². The van der Waals surface area contributed by atoms with E-state index in [1.807, 2.05) is 0 Å². The average Bonchev–Trinajstić information content (AvgIpc) is 2.70. The number of benzene rings is 2. The maximum atomic E-state index is 13.0. The number of H-pyrrole nitrogens is 1. The molecule has 136 valence electrons. The van der Waals surface area contributed by atoms with E-state index < -0.39 is 29.1 Å². The van der Waals surface area contributed by atoms with Crippen molar-refractivity contribution < 1.29 is 9.59 Å². The zero-order valence-corrected chi connectivity index (χ0v) is 14.5. The second kappa shape index (κ2) is 7.65. The lowest BCUT2D eigenvalue weighted by Gasteiger charge is -2.20. The predicted octanol–water partition coefficient (Wildman–Crippen LogP) is 1.66. The zero-order valence-electron chi connectivity index (χ0n) is 14.5. The quantitative estimate of drug-likeness (QED) is 0.673. The van der Waals surface area contributed by atoms with Gasteiger partial charge in [0.05, 0.1) is 0 Å². The first kappa shape index (κ1) is 18.1. The van der Waals surface area contributed by atoms with Crippen molar-refractivity contribution >= 4 is 11.7 Å². The number of nitrogens with zero attached hydrogens (tertiary/aromatic N) is 1. The van der Waals surface area contributed by atoms with Gasteiger partial charge in [-0.1, -0.05) is 48.5 Å². The number of hydrogen-bond donors (Lipinski definition) is 2. The first-order chi connectivity index (χ1) is 13.0. The summed E-state index contributed by atoms with van der Waals surface area (Å²) in [5.74, 6) is -0.992. The van der Waals surface area contributed by atoms with Crippen LogP contribution in [0.15, 0.2) is 76.4 Å². The van der Waals surface area contributed by atoms with Crippen molar-refractivity contribution in [3.05, 3.63) is 104 Å².